The van der Waals surface area contributed by atoms with Gasteiger partial charge in [-0.3, -0.25) is 4.79 Å². The van der Waals surface area contributed by atoms with Crippen molar-refractivity contribution in [2.75, 3.05) is 13.2 Å². The molecule has 1 aromatic heterocycles. The van der Waals surface area contributed by atoms with Gasteiger partial charge in [0, 0.05) is 24.8 Å². The molecule has 5 atom stereocenters. The maximum atomic E-state index is 12.5. The van der Waals surface area contributed by atoms with Crippen molar-refractivity contribution in [2.45, 2.75) is 65.5 Å². The first-order valence-electron chi connectivity index (χ1n) is 11.9. The molecule has 6 nitrogen and oxygen atoms in total. The summed E-state index contributed by atoms with van der Waals surface area (Å²) in [6.07, 6.45) is 3.46. The predicted octanol–water partition coefficient (Wildman–Crippen LogP) is 3.87. The van der Waals surface area contributed by atoms with E-state index in [1.165, 1.54) is 5.56 Å². The molecule has 0 unspecified atom stereocenters. The molecule has 2 heterocycles. The lowest BCUT2D eigenvalue weighted by atomic mass is 9.59. The minimum Gasteiger partial charge on any atom is -0.396 e. The maximum Gasteiger partial charge on any atom is 0.222 e. The Labute approximate surface area is 190 Å². The van der Waals surface area contributed by atoms with E-state index >= 15 is 0 Å². The zero-order valence-corrected chi connectivity index (χ0v) is 19.6. The van der Waals surface area contributed by atoms with Gasteiger partial charge in [-0.15, -0.1) is 0 Å². The van der Waals surface area contributed by atoms with E-state index in [0.717, 1.165) is 36.3 Å². The molecule has 2 aromatic rings. The van der Waals surface area contributed by atoms with Crippen LogP contribution in [0.5, 0.6) is 0 Å². The molecule has 0 radical (unpaired) electrons. The number of amides is 1. The number of benzene rings is 1. The van der Waals surface area contributed by atoms with Crippen molar-refractivity contribution >= 4 is 5.91 Å². The van der Waals surface area contributed by atoms with Crippen LogP contribution in [0.2, 0.25) is 0 Å². The van der Waals surface area contributed by atoms with Gasteiger partial charge in [-0.25, -0.2) is 4.68 Å². The maximum absolute atomic E-state index is 12.5. The molecule has 3 fully saturated rings. The number of nitrogens with one attached hydrogen (secondary N) is 1. The fourth-order valence-electron chi connectivity index (χ4n) is 7.18. The number of hydrogen-bond acceptors (Lipinski definition) is 4. The SMILES string of the molecule is Cc1cc(C)n(-c2cccc([C@H]3OCC[C@@]45C[C@@H](C[C@H]34)C(C)(C)[C@@H]5NC(=O)CCO)c2)n1. The van der Waals surface area contributed by atoms with Crippen LogP contribution >= 0.6 is 0 Å². The van der Waals surface area contributed by atoms with Crippen LogP contribution in [0.1, 0.15) is 62.6 Å². The summed E-state index contributed by atoms with van der Waals surface area (Å²) in [5, 5.41) is 17.2. The van der Waals surface area contributed by atoms with E-state index in [1.807, 2.05) is 11.6 Å². The number of carbonyl (C=O) groups is 1. The van der Waals surface area contributed by atoms with Crippen molar-refractivity contribution in [3.8, 4) is 5.69 Å². The van der Waals surface area contributed by atoms with Crippen molar-refractivity contribution in [2.24, 2.45) is 22.7 Å². The molecule has 5 rings (SSSR count). The minimum atomic E-state index is -0.107. The standard InChI is InChI=1S/C26H35N3O3/c1-16-12-17(2)29(28-16)20-7-5-6-18(13-20)23-21-14-19-15-26(21,9-11-32-23)24(25(19,3)4)27-22(31)8-10-30/h5-7,12-13,19,21,23-24,30H,8-11,14-15H2,1-4H3,(H,27,31)/t19-,21-,23-,24+,26-/m1/s1. The first-order chi connectivity index (χ1) is 15.3. The molecule has 1 aromatic carbocycles. The smallest absolute Gasteiger partial charge is 0.222 e. The van der Waals surface area contributed by atoms with Crippen LogP contribution in [0.15, 0.2) is 30.3 Å². The number of carbonyl (C=O) groups excluding carboxylic acids is 1. The van der Waals surface area contributed by atoms with Gasteiger partial charge >= 0.3 is 0 Å². The zero-order valence-electron chi connectivity index (χ0n) is 19.6. The number of ether oxygens (including phenoxy) is 1. The van der Waals surface area contributed by atoms with Gasteiger partial charge < -0.3 is 15.2 Å². The molecule has 32 heavy (non-hydrogen) atoms. The Balaban J connectivity index is 1.48. The third-order valence-electron chi connectivity index (χ3n) is 8.60. The summed E-state index contributed by atoms with van der Waals surface area (Å²) in [4.78, 5) is 12.5. The molecule has 6 heteroatoms. The summed E-state index contributed by atoms with van der Waals surface area (Å²) in [5.41, 5.74) is 4.50. The molecule has 2 saturated carbocycles. The van der Waals surface area contributed by atoms with E-state index in [4.69, 9.17) is 4.74 Å². The number of hydrogen-bond donors (Lipinski definition) is 2. The number of aromatic nitrogens is 2. The van der Waals surface area contributed by atoms with Crippen LogP contribution in [-0.4, -0.2) is 40.0 Å². The number of nitrogens with zero attached hydrogens (tertiary/aromatic N) is 2. The summed E-state index contributed by atoms with van der Waals surface area (Å²) in [6.45, 7) is 9.31. The lowest BCUT2D eigenvalue weighted by Crippen LogP contribution is -2.59. The molecule has 2 bridgehead atoms. The lowest BCUT2D eigenvalue weighted by Gasteiger charge is -2.53. The van der Waals surface area contributed by atoms with Gasteiger partial charge in [-0.05, 0) is 79.5 Å². The number of aliphatic hydroxyl groups is 1. The van der Waals surface area contributed by atoms with Gasteiger partial charge in [0.15, 0.2) is 0 Å². The molecule has 1 amide bonds. The average Bonchev–Trinajstić information content (AvgIpc) is 3.37. The summed E-state index contributed by atoms with van der Waals surface area (Å²) < 4.78 is 8.44. The number of fused-ring (bicyclic) bond motifs is 1. The molecule has 2 N–H and O–H groups in total. The lowest BCUT2D eigenvalue weighted by molar-refractivity contribution is -0.137. The Hall–Kier alpha value is -2.18. The van der Waals surface area contributed by atoms with Crippen LogP contribution in [0.4, 0.5) is 0 Å². The minimum absolute atomic E-state index is 0.0269. The van der Waals surface area contributed by atoms with Gasteiger partial charge in [0.1, 0.15) is 0 Å². The highest BCUT2D eigenvalue weighted by Crippen LogP contribution is 2.70. The second-order valence-electron chi connectivity index (χ2n) is 10.7. The van der Waals surface area contributed by atoms with E-state index in [-0.39, 0.29) is 41.9 Å². The van der Waals surface area contributed by atoms with E-state index in [2.05, 4.69) is 61.5 Å². The Morgan fingerprint density at radius 2 is 2.12 bits per heavy atom. The highest BCUT2D eigenvalue weighted by atomic mass is 16.5. The largest absolute Gasteiger partial charge is 0.396 e. The molecule has 172 valence electrons. The summed E-state index contributed by atoms with van der Waals surface area (Å²) >= 11 is 0. The number of aryl methyl sites for hydroxylation is 2. The molecule has 1 aliphatic heterocycles. The second kappa shape index (κ2) is 7.70. The molecular weight excluding hydrogens is 402 g/mol. The average molecular weight is 438 g/mol. The molecule has 1 spiro atoms. The van der Waals surface area contributed by atoms with Crippen molar-refractivity contribution in [1.82, 2.24) is 15.1 Å². The van der Waals surface area contributed by atoms with Gasteiger partial charge in [0.2, 0.25) is 5.91 Å². The molecule has 3 aliphatic rings. The van der Waals surface area contributed by atoms with Gasteiger partial charge in [0.25, 0.3) is 0 Å². The van der Waals surface area contributed by atoms with Crippen molar-refractivity contribution < 1.29 is 14.6 Å². The Morgan fingerprint density at radius 3 is 2.84 bits per heavy atom. The molecule has 1 saturated heterocycles. The third kappa shape index (κ3) is 3.22. The van der Waals surface area contributed by atoms with Crippen LogP contribution in [0.25, 0.3) is 5.69 Å². The van der Waals surface area contributed by atoms with E-state index in [0.29, 0.717) is 18.4 Å². The van der Waals surface area contributed by atoms with Crippen LogP contribution in [0, 0.1) is 36.5 Å². The first-order valence-corrected chi connectivity index (χ1v) is 11.9. The predicted molar refractivity (Wildman–Crippen MR) is 122 cm³/mol. The fraction of sp³-hybridized carbons (Fsp3) is 0.615. The molecule has 2 aliphatic carbocycles. The topological polar surface area (TPSA) is 76.4 Å². The Bertz CT molecular complexity index is 1030. The summed E-state index contributed by atoms with van der Waals surface area (Å²) in [7, 11) is 0. The number of rotatable bonds is 5. The van der Waals surface area contributed by atoms with E-state index < -0.39 is 0 Å². The normalized spacial score (nSPS) is 32.7. The summed E-state index contributed by atoms with van der Waals surface area (Å²) in [6, 6.07) is 10.8. The van der Waals surface area contributed by atoms with Crippen LogP contribution in [-0.2, 0) is 9.53 Å². The number of aliphatic hydroxyl groups excluding tert-OH is 1. The first kappa shape index (κ1) is 21.7. The van der Waals surface area contributed by atoms with Gasteiger partial charge in [-0.1, -0.05) is 26.0 Å². The van der Waals surface area contributed by atoms with Crippen molar-refractivity contribution in [3.05, 3.63) is 47.3 Å². The van der Waals surface area contributed by atoms with Crippen molar-refractivity contribution in [1.29, 1.82) is 0 Å². The Kier molecular flexibility index (Phi) is 5.21. The summed E-state index contributed by atoms with van der Waals surface area (Å²) in [5.74, 6) is 0.903. The highest BCUT2D eigenvalue weighted by molar-refractivity contribution is 5.76. The van der Waals surface area contributed by atoms with Gasteiger partial charge in [0.05, 0.1) is 24.1 Å². The fourth-order valence-corrected chi connectivity index (χ4v) is 7.18. The monoisotopic (exact) mass is 437 g/mol. The molecular formula is C26H35N3O3. The highest BCUT2D eigenvalue weighted by Gasteiger charge is 2.68. The van der Waals surface area contributed by atoms with E-state index in [1.54, 1.807) is 0 Å². The van der Waals surface area contributed by atoms with Gasteiger partial charge in [-0.2, -0.15) is 5.10 Å². The van der Waals surface area contributed by atoms with Crippen LogP contribution in [0.3, 0.4) is 0 Å². The zero-order chi connectivity index (χ0) is 22.7. The second-order valence-corrected chi connectivity index (χ2v) is 10.7. The quantitative estimate of drug-likeness (QED) is 0.745. The third-order valence-corrected chi connectivity index (χ3v) is 8.60. The Morgan fingerprint density at radius 1 is 1.31 bits per heavy atom. The van der Waals surface area contributed by atoms with Crippen molar-refractivity contribution in [3.63, 3.8) is 0 Å². The van der Waals surface area contributed by atoms with Crippen LogP contribution < -0.4 is 5.32 Å². The van der Waals surface area contributed by atoms with E-state index in [9.17, 15) is 9.90 Å².